The molecule has 0 saturated carbocycles. The first kappa shape index (κ1) is 10.5. The molecule has 0 aliphatic carbocycles. The summed E-state index contributed by atoms with van der Waals surface area (Å²) < 4.78 is 0. The van der Waals surface area contributed by atoms with E-state index in [9.17, 15) is 0 Å². The Balaban J connectivity index is 1.87. The van der Waals surface area contributed by atoms with Crippen molar-refractivity contribution in [2.45, 2.75) is 20.3 Å². The van der Waals surface area contributed by atoms with Crippen LogP contribution in [-0.4, -0.2) is 31.7 Å². The van der Waals surface area contributed by atoms with E-state index in [4.69, 9.17) is 0 Å². The van der Waals surface area contributed by atoms with Gasteiger partial charge in [-0.05, 0) is 13.8 Å². The van der Waals surface area contributed by atoms with Crippen LogP contribution < -0.4 is 5.32 Å². The van der Waals surface area contributed by atoms with E-state index in [0.717, 1.165) is 30.2 Å². The summed E-state index contributed by atoms with van der Waals surface area (Å²) in [4.78, 5) is 11.4. The molecular formula is C10H14N6. The van der Waals surface area contributed by atoms with Gasteiger partial charge in [-0.25, -0.2) is 9.97 Å². The number of aryl methyl sites for hydroxylation is 2. The van der Waals surface area contributed by atoms with Gasteiger partial charge in [0.15, 0.2) is 0 Å². The largest absolute Gasteiger partial charge is 0.352 e. The lowest BCUT2D eigenvalue weighted by atomic mass is 10.4. The highest BCUT2D eigenvalue weighted by Gasteiger charge is 2.01. The lowest BCUT2D eigenvalue weighted by Crippen LogP contribution is -2.10. The van der Waals surface area contributed by atoms with E-state index in [2.05, 4.69) is 30.5 Å². The van der Waals surface area contributed by atoms with Crippen molar-refractivity contribution < 1.29 is 0 Å². The molecule has 2 rings (SSSR count). The lowest BCUT2D eigenvalue weighted by molar-refractivity contribution is 0.862. The zero-order valence-electron chi connectivity index (χ0n) is 9.36. The second-order valence-electron chi connectivity index (χ2n) is 3.52. The monoisotopic (exact) mass is 218 g/mol. The summed E-state index contributed by atoms with van der Waals surface area (Å²) in [5.74, 6) is 1.51. The van der Waals surface area contributed by atoms with Crippen LogP contribution in [0.2, 0.25) is 0 Å². The number of nitrogens with one attached hydrogen (secondary N) is 2. The molecule has 0 bridgehead atoms. The molecule has 2 aromatic rings. The third-order valence-corrected chi connectivity index (χ3v) is 2.29. The summed E-state index contributed by atoms with van der Waals surface area (Å²) in [6.07, 6.45) is 4.36. The van der Waals surface area contributed by atoms with Crippen LogP contribution in [0.3, 0.4) is 0 Å². The summed E-state index contributed by atoms with van der Waals surface area (Å²) in [7, 11) is 0. The fraction of sp³-hybridized carbons (Fsp3) is 0.400. The Morgan fingerprint density at radius 2 is 2.12 bits per heavy atom. The lowest BCUT2D eigenvalue weighted by Gasteiger charge is -2.04. The van der Waals surface area contributed by atoms with Gasteiger partial charge in [0.2, 0.25) is 5.95 Å². The predicted molar refractivity (Wildman–Crippen MR) is 60.1 cm³/mol. The number of hydrogen-bond acceptors (Lipinski definition) is 5. The Bertz CT molecular complexity index is 450. The Kier molecular flexibility index (Phi) is 3.09. The molecule has 2 heterocycles. The average Bonchev–Trinajstić information content (AvgIpc) is 2.76. The van der Waals surface area contributed by atoms with Crippen molar-refractivity contribution in [1.29, 1.82) is 0 Å². The van der Waals surface area contributed by atoms with Gasteiger partial charge < -0.3 is 10.3 Å². The second-order valence-corrected chi connectivity index (χ2v) is 3.52. The van der Waals surface area contributed by atoms with Crippen LogP contribution in [0.1, 0.15) is 17.2 Å². The first-order chi connectivity index (χ1) is 7.75. The van der Waals surface area contributed by atoms with Gasteiger partial charge in [0.1, 0.15) is 5.82 Å². The SMILES string of the molecule is Cc1nnc(NCCc2ncc[nH]2)nc1C. The molecule has 6 heteroatoms. The third kappa shape index (κ3) is 2.53. The summed E-state index contributed by atoms with van der Waals surface area (Å²) in [5.41, 5.74) is 1.76. The molecule has 0 aliphatic rings. The molecule has 0 aromatic carbocycles. The number of aromatic amines is 1. The van der Waals surface area contributed by atoms with E-state index >= 15 is 0 Å². The normalized spacial score (nSPS) is 10.4. The maximum Gasteiger partial charge on any atom is 0.242 e. The van der Waals surface area contributed by atoms with E-state index < -0.39 is 0 Å². The van der Waals surface area contributed by atoms with E-state index in [1.165, 1.54) is 0 Å². The van der Waals surface area contributed by atoms with Crippen LogP contribution in [0.4, 0.5) is 5.95 Å². The van der Waals surface area contributed by atoms with Crippen molar-refractivity contribution in [1.82, 2.24) is 25.1 Å². The topological polar surface area (TPSA) is 79.4 Å². The first-order valence-corrected chi connectivity index (χ1v) is 5.16. The Morgan fingerprint density at radius 1 is 1.25 bits per heavy atom. The van der Waals surface area contributed by atoms with Crippen LogP contribution in [0, 0.1) is 13.8 Å². The summed E-state index contributed by atoms with van der Waals surface area (Å²) in [5, 5.41) is 11.1. The smallest absolute Gasteiger partial charge is 0.242 e. The van der Waals surface area contributed by atoms with E-state index in [0.29, 0.717) is 5.95 Å². The molecule has 0 amide bonds. The zero-order valence-corrected chi connectivity index (χ0v) is 9.36. The minimum absolute atomic E-state index is 0.564. The third-order valence-electron chi connectivity index (χ3n) is 2.29. The van der Waals surface area contributed by atoms with Gasteiger partial charge in [-0.1, -0.05) is 0 Å². The number of imidazole rings is 1. The summed E-state index contributed by atoms with van der Waals surface area (Å²) >= 11 is 0. The predicted octanol–water partition coefficient (Wildman–Crippen LogP) is 0.866. The number of rotatable bonds is 4. The molecule has 0 saturated heterocycles. The highest BCUT2D eigenvalue weighted by atomic mass is 15.2. The zero-order chi connectivity index (χ0) is 11.4. The Hall–Kier alpha value is -1.98. The molecule has 0 unspecified atom stereocenters. The van der Waals surface area contributed by atoms with Gasteiger partial charge in [-0.3, -0.25) is 0 Å². The fourth-order valence-corrected chi connectivity index (χ4v) is 1.26. The van der Waals surface area contributed by atoms with Crippen LogP contribution in [0.25, 0.3) is 0 Å². The van der Waals surface area contributed by atoms with Gasteiger partial charge in [0, 0.05) is 25.4 Å². The molecule has 84 valence electrons. The quantitative estimate of drug-likeness (QED) is 0.795. The van der Waals surface area contributed by atoms with E-state index in [1.807, 2.05) is 20.0 Å². The molecule has 2 aromatic heterocycles. The first-order valence-electron chi connectivity index (χ1n) is 5.16. The maximum atomic E-state index is 4.28. The van der Waals surface area contributed by atoms with Gasteiger partial charge in [-0.2, -0.15) is 5.10 Å². The maximum absolute atomic E-state index is 4.28. The number of H-pyrrole nitrogens is 1. The molecule has 2 N–H and O–H groups in total. The number of hydrogen-bond donors (Lipinski definition) is 2. The van der Waals surface area contributed by atoms with E-state index in [-0.39, 0.29) is 0 Å². The molecule has 0 spiro atoms. The highest BCUT2D eigenvalue weighted by Crippen LogP contribution is 2.01. The van der Waals surface area contributed by atoms with Crippen molar-refractivity contribution in [3.05, 3.63) is 29.6 Å². The van der Waals surface area contributed by atoms with Crippen molar-refractivity contribution in [3.8, 4) is 0 Å². The van der Waals surface area contributed by atoms with Crippen LogP contribution in [-0.2, 0) is 6.42 Å². The Morgan fingerprint density at radius 3 is 2.81 bits per heavy atom. The standard InChI is InChI=1S/C10H14N6/c1-7-8(2)15-16-10(14-7)13-4-3-9-11-5-6-12-9/h5-6H,3-4H2,1-2H3,(H,11,12)(H,13,14,16). The van der Waals surface area contributed by atoms with Crippen LogP contribution >= 0.6 is 0 Å². The van der Waals surface area contributed by atoms with Gasteiger partial charge in [0.05, 0.1) is 11.4 Å². The molecule has 16 heavy (non-hydrogen) atoms. The van der Waals surface area contributed by atoms with Crippen molar-refractivity contribution >= 4 is 5.95 Å². The fourth-order valence-electron chi connectivity index (χ4n) is 1.26. The van der Waals surface area contributed by atoms with Crippen molar-refractivity contribution in [2.24, 2.45) is 0 Å². The van der Waals surface area contributed by atoms with E-state index in [1.54, 1.807) is 6.20 Å². The minimum atomic E-state index is 0.564. The van der Waals surface area contributed by atoms with Gasteiger partial charge in [0.25, 0.3) is 0 Å². The van der Waals surface area contributed by atoms with Gasteiger partial charge >= 0.3 is 0 Å². The summed E-state index contributed by atoms with van der Waals surface area (Å²) in [6.45, 7) is 4.54. The second kappa shape index (κ2) is 4.69. The van der Waals surface area contributed by atoms with Crippen LogP contribution in [0.5, 0.6) is 0 Å². The molecule has 0 radical (unpaired) electrons. The average molecular weight is 218 g/mol. The van der Waals surface area contributed by atoms with Crippen molar-refractivity contribution in [3.63, 3.8) is 0 Å². The van der Waals surface area contributed by atoms with Crippen LogP contribution in [0.15, 0.2) is 12.4 Å². The number of aromatic nitrogens is 5. The molecule has 0 fully saturated rings. The molecule has 0 aliphatic heterocycles. The number of nitrogens with zero attached hydrogens (tertiary/aromatic N) is 4. The molecule has 6 nitrogen and oxygen atoms in total. The number of anilines is 1. The minimum Gasteiger partial charge on any atom is -0.352 e. The molecular weight excluding hydrogens is 204 g/mol. The highest BCUT2D eigenvalue weighted by molar-refractivity contribution is 5.24. The Labute approximate surface area is 93.6 Å². The van der Waals surface area contributed by atoms with Gasteiger partial charge in [-0.15, -0.1) is 5.10 Å². The molecule has 0 atom stereocenters. The van der Waals surface area contributed by atoms with Crippen molar-refractivity contribution in [2.75, 3.05) is 11.9 Å². The summed E-state index contributed by atoms with van der Waals surface area (Å²) in [6, 6.07) is 0.